The van der Waals surface area contributed by atoms with Crippen molar-refractivity contribution >= 4 is 11.3 Å². The van der Waals surface area contributed by atoms with Gasteiger partial charge in [0.2, 0.25) is 0 Å². The molecule has 1 fully saturated rings. The van der Waals surface area contributed by atoms with Crippen LogP contribution in [0.25, 0.3) is 0 Å². The fraction of sp³-hybridized carbons (Fsp3) is 0.667. The maximum Gasteiger partial charge on any atom is 0.0847 e. The Morgan fingerprint density at radius 3 is 2.79 bits per heavy atom. The Morgan fingerprint density at radius 1 is 1.43 bits per heavy atom. The molecule has 0 aliphatic carbocycles. The topological polar surface area (TPSA) is 12.5 Å². The number of epoxide rings is 1. The van der Waals surface area contributed by atoms with Gasteiger partial charge in [-0.3, -0.25) is 0 Å². The van der Waals surface area contributed by atoms with Crippen molar-refractivity contribution in [2.75, 3.05) is 0 Å². The summed E-state index contributed by atoms with van der Waals surface area (Å²) >= 11 is 1.80. The average molecular weight is 210 g/mol. The van der Waals surface area contributed by atoms with Crippen LogP contribution < -0.4 is 0 Å². The van der Waals surface area contributed by atoms with Gasteiger partial charge in [0.25, 0.3) is 0 Å². The average Bonchev–Trinajstić information content (AvgIpc) is 2.74. The number of ether oxygens (including phenoxy) is 1. The molecular formula is C12H18OS. The Labute approximate surface area is 90.1 Å². The molecule has 1 aliphatic heterocycles. The molecule has 0 radical (unpaired) electrons. The van der Waals surface area contributed by atoms with E-state index in [9.17, 15) is 0 Å². The molecule has 3 atom stereocenters. The predicted molar refractivity (Wildman–Crippen MR) is 60.9 cm³/mol. The fourth-order valence-corrected chi connectivity index (χ4v) is 2.81. The third kappa shape index (κ3) is 2.18. The van der Waals surface area contributed by atoms with Gasteiger partial charge in [0.15, 0.2) is 0 Å². The minimum absolute atomic E-state index is 0.546. The minimum atomic E-state index is 0.546. The normalized spacial score (nSPS) is 27.6. The lowest BCUT2D eigenvalue weighted by Crippen LogP contribution is -2.02. The summed E-state index contributed by atoms with van der Waals surface area (Å²) < 4.78 is 5.60. The van der Waals surface area contributed by atoms with Gasteiger partial charge >= 0.3 is 0 Å². The predicted octanol–water partition coefficient (Wildman–Crippen LogP) is 3.81. The molecule has 1 aliphatic rings. The Hall–Kier alpha value is -0.340. The summed E-state index contributed by atoms with van der Waals surface area (Å²) in [5.41, 5.74) is 1.50. The van der Waals surface area contributed by atoms with Crippen LogP contribution in [0, 0.1) is 0 Å². The van der Waals surface area contributed by atoms with Crippen LogP contribution in [0.2, 0.25) is 0 Å². The molecular weight excluding hydrogens is 192 g/mol. The first-order chi connectivity index (χ1) is 6.85. The summed E-state index contributed by atoms with van der Waals surface area (Å²) in [6.45, 7) is 4.47. The third-order valence-electron chi connectivity index (χ3n) is 3.11. The van der Waals surface area contributed by atoms with E-state index in [0.29, 0.717) is 18.1 Å². The van der Waals surface area contributed by atoms with Gasteiger partial charge in [0.05, 0.1) is 12.2 Å². The molecule has 0 bridgehead atoms. The van der Waals surface area contributed by atoms with Crippen LogP contribution in [0.4, 0.5) is 0 Å². The van der Waals surface area contributed by atoms with Gasteiger partial charge in [0.1, 0.15) is 0 Å². The Kier molecular flexibility index (Phi) is 3.24. The highest BCUT2D eigenvalue weighted by Crippen LogP contribution is 2.36. The smallest absolute Gasteiger partial charge is 0.0847 e. The molecule has 2 heterocycles. The molecule has 3 unspecified atom stereocenters. The summed E-state index contributed by atoms with van der Waals surface area (Å²) in [5, 5.41) is 4.44. The van der Waals surface area contributed by atoms with Crippen molar-refractivity contribution < 1.29 is 4.74 Å². The van der Waals surface area contributed by atoms with Gasteiger partial charge in [-0.25, -0.2) is 0 Å². The van der Waals surface area contributed by atoms with Crippen LogP contribution in [0.3, 0.4) is 0 Å². The van der Waals surface area contributed by atoms with Crippen molar-refractivity contribution in [2.45, 2.75) is 51.2 Å². The zero-order valence-electron chi connectivity index (χ0n) is 8.90. The van der Waals surface area contributed by atoms with Crippen LogP contribution in [-0.4, -0.2) is 12.2 Å². The highest BCUT2D eigenvalue weighted by Gasteiger charge is 2.38. The van der Waals surface area contributed by atoms with E-state index >= 15 is 0 Å². The Morgan fingerprint density at radius 2 is 2.29 bits per heavy atom. The van der Waals surface area contributed by atoms with Gasteiger partial charge in [0, 0.05) is 0 Å². The van der Waals surface area contributed by atoms with Crippen LogP contribution >= 0.6 is 11.3 Å². The quantitative estimate of drug-likeness (QED) is 0.673. The molecule has 1 aromatic heterocycles. The molecule has 14 heavy (non-hydrogen) atoms. The summed E-state index contributed by atoms with van der Waals surface area (Å²) in [6.07, 6.45) is 4.72. The Balaban J connectivity index is 1.89. The van der Waals surface area contributed by atoms with Crippen molar-refractivity contribution in [2.24, 2.45) is 0 Å². The second-order valence-corrected chi connectivity index (χ2v) is 4.80. The molecule has 0 amide bonds. The molecule has 0 N–H and O–H groups in total. The van der Waals surface area contributed by atoms with Crippen LogP contribution in [0.1, 0.15) is 44.6 Å². The van der Waals surface area contributed by atoms with Gasteiger partial charge in [-0.2, -0.15) is 11.3 Å². The van der Waals surface area contributed by atoms with E-state index in [0.717, 1.165) is 0 Å². The van der Waals surface area contributed by atoms with Gasteiger partial charge in [-0.15, -0.1) is 0 Å². The second-order valence-electron chi connectivity index (χ2n) is 4.02. The molecule has 2 rings (SSSR count). The summed E-state index contributed by atoms with van der Waals surface area (Å²) in [6, 6.07) is 2.25. The van der Waals surface area contributed by atoms with Gasteiger partial charge in [-0.05, 0) is 47.6 Å². The first-order valence-corrected chi connectivity index (χ1v) is 6.47. The largest absolute Gasteiger partial charge is 0.370 e. The van der Waals surface area contributed by atoms with E-state index in [-0.39, 0.29) is 0 Å². The SMILES string of the molecule is CCC(CC1OC1CC)c1ccsc1. The van der Waals surface area contributed by atoms with Crippen molar-refractivity contribution in [3.63, 3.8) is 0 Å². The lowest BCUT2D eigenvalue weighted by molar-refractivity contribution is 0.349. The van der Waals surface area contributed by atoms with Crippen LogP contribution in [-0.2, 0) is 4.74 Å². The van der Waals surface area contributed by atoms with Gasteiger partial charge in [-0.1, -0.05) is 13.8 Å². The molecule has 0 spiro atoms. The molecule has 1 saturated heterocycles. The zero-order valence-corrected chi connectivity index (χ0v) is 9.72. The summed E-state index contributed by atoms with van der Waals surface area (Å²) in [5.74, 6) is 0.711. The molecule has 0 aromatic carbocycles. The van der Waals surface area contributed by atoms with Gasteiger partial charge < -0.3 is 4.74 Å². The molecule has 1 nitrogen and oxygen atoms in total. The monoisotopic (exact) mass is 210 g/mol. The second kappa shape index (κ2) is 4.45. The lowest BCUT2D eigenvalue weighted by atomic mass is 9.93. The first kappa shape index (κ1) is 10.2. The van der Waals surface area contributed by atoms with E-state index in [1.54, 1.807) is 11.3 Å². The van der Waals surface area contributed by atoms with E-state index in [2.05, 4.69) is 30.7 Å². The molecule has 0 saturated carbocycles. The van der Waals surface area contributed by atoms with Crippen molar-refractivity contribution in [1.29, 1.82) is 0 Å². The van der Waals surface area contributed by atoms with E-state index < -0.39 is 0 Å². The number of rotatable bonds is 5. The van der Waals surface area contributed by atoms with E-state index in [1.165, 1.54) is 24.8 Å². The minimum Gasteiger partial charge on any atom is -0.370 e. The highest BCUT2D eigenvalue weighted by molar-refractivity contribution is 7.07. The first-order valence-electron chi connectivity index (χ1n) is 5.52. The standard InChI is InChI=1S/C12H18OS/c1-3-9(10-5-6-14-8-10)7-12-11(4-2)13-12/h5-6,8-9,11-12H,3-4,7H2,1-2H3. The molecule has 78 valence electrons. The number of hydrogen-bond acceptors (Lipinski definition) is 2. The van der Waals surface area contributed by atoms with Crippen molar-refractivity contribution in [3.8, 4) is 0 Å². The van der Waals surface area contributed by atoms with E-state index in [1.807, 2.05) is 0 Å². The summed E-state index contributed by atoms with van der Waals surface area (Å²) in [7, 11) is 0. The maximum atomic E-state index is 5.60. The maximum absolute atomic E-state index is 5.60. The summed E-state index contributed by atoms with van der Waals surface area (Å²) in [4.78, 5) is 0. The van der Waals surface area contributed by atoms with Crippen molar-refractivity contribution in [3.05, 3.63) is 22.4 Å². The lowest BCUT2D eigenvalue weighted by Gasteiger charge is -2.11. The van der Waals surface area contributed by atoms with E-state index in [4.69, 9.17) is 4.74 Å². The van der Waals surface area contributed by atoms with Crippen LogP contribution in [0.5, 0.6) is 0 Å². The Bertz CT molecular complexity index is 268. The molecule has 2 heteroatoms. The highest BCUT2D eigenvalue weighted by atomic mass is 32.1. The van der Waals surface area contributed by atoms with Crippen molar-refractivity contribution in [1.82, 2.24) is 0 Å². The van der Waals surface area contributed by atoms with Crippen LogP contribution in [0.15, 0.2) is 16.8 Å². The zero-order chi connectivity index (χ0) is 9.97. The third-order valence-corrected chi connectivity index (χ3v) is 3.82. The molecule has 1 aromatic rings. The number of hydrogen-bond donors (Lipinski definition) is 0. The fourth-order valence-electron chi connectivity index (χ4n) is 2.07. The number of thiophene rings is 1.